The maximum Gasteiger partial charge on any atom is 0.323 e. The lowest BCUT2D eigenvalue weighted by molar-refractivity contribution is -0.141. The van der Waals surface area contributed by atoms with Crippen LogP contribution in [0.2, 0.25) is 0 Å². The Balaban J connectivity index is 2.40. The second kappa shape index (κ2) is 5.19. The summed E-state index contributed by atoms with van der Waals surface area (Å²) < 4.78 is 25.7. The maximum absolute atomic E-state index is 12.4. The fraction of sp³-hybridized carbons (Fsp3) is 0.500. The molecule has 104 valence electrons. The molecule has 0 radical (unpaired) electrons. The number of aromatic nitrogens is 2. The van der Waals surface area contributed by atoms with Gasteiger partial charge in [-0.2, -0.15) is 4.31 Å². The molecule has 1 aromatic heterocycles. The number of piperazine rings is 1. The molecule has 1 fully saturated rings. The van der Waals surface area contributed by atoms with Crippen LogP contribution in [0.1, 0.15) is 5.69 Å². The summed E-state index contributed by atoms with van der Waals surface area (Å²) in [5, 5.41) is 11.6. The fourth-order valence-electron chi connectivity index (χ4n) is 1.84. The maximum atomic E-state index is 12.4. The zero-order valence-electron chi connectivity index (χ0n) is 10.3. The number of nitrogens with zero attached hydrogens (tertiary/aromatic N) is 3. The molecular formula is C10H14N4O4S. The molecule has 1 saturated heterocycles. The monoisotopic (exact) mass is 286 g/mol. The Morgan fingerprint density at radius 2 is 2.32 bits per heavy atom. The molecule has 0 aromatic carbocycles. The van der Waals surface area contributed by atoms with Gasteiger partial charge in [0.1, 0.15) is 6.04 Å². The summed E-state index contributed by atoms with van der Waals surface area (Å²) in [5.41, 5.74) is 0.510. The fourth-order valence-corrected chi connectivity index (χ4v) is 3.33. The average Bonchev–Trinajstić information content (AvgIpc) is 2.38. The minimum atomic E-state index is -3.99. The van der Waals surface area contributed by atoms with Gasteiger partial charge in [0.25, 0.3) is 15.2 Å². The molecule has 0 unspecified atom stereocenters. The van der Waals surface area contributed by atoms with Crippen LogP contribution in [-0.2, 0) is 14.8 Å². The van der Waals surface area contributed by atoms with E-state index in [1.807, 2.05) is 0 Å². The van der Waals surface area contributed by atoms with Crippen molar-refractivity contribution < 1.29 is 18.3 Å². The van der Waals surface area contributed by atoms with Crippen LogP contribution < -0.4 is 5.32 Å². The highest BCUT2D eigenvalue weighted by atomic mass is 32.2. The van der Waals surface area contributed by atoms with E-state index in [0.29, 0.717) is 12.2 Å². The molecule has 1 aliphatic rings. The standard InChI is InChI=1S/C10H14N4O4S/c1-7-2-3-12-10(13-7)19(17,18)14-5-4-11-6-8(14)9(15)16/h2-3,8,11H,4-6H2,1H3,(H,15,16)/t8-/m0/s1. The molecule has 8 nitrogen and oxygen atoms in total. The lowest BCUT2D eigenvalue weighted by Crippen LogP contribution is -2.57. The van der Waals surface area contributed by atoms with Crippen LogP contribution >= 0.6 is 0 Å². The first-order valence-corrected chi connectivity index (χ1v) is 7.12. The molecule has 9 heteroatoms. The lowest BCUT2D eigenvalue weighted by Gasteiger charge is -2.31. The summed E-state index contributed by atoms with van der Waals surface area (Å²) in [5.74, 6) is -1.19. The Morgan fingerprint density at radius 1 is 1.58 bits per heavy atom. The van der Waals surface area contributed by atoms with Gasteiger partial charge in [-0.3, -0.25) is 4.79 Å². The molecule has 2 N–H and O–H groups in total. The number of aliphatic carboxylic acids is 1. The van der Waals surface area contributed by atoms with Crippen molar-refractivity contribution in [3.8, 4) is 0 Å². The molecule has 0 bridgehead atoms. The van der Waals surface area contributed by atoms with E-state index in [4.69, 9.17) is 5.11 Å². The third-order valence-electron chi connectivity index (χ3n) is 2.79. The zero-order valence-corrected chi connectivity index (χ0v) is 11.1. The van der Waals surface area contributed by atoms with Gasteiger partial charge < -0.3 is 10.4 Å². The minimum Gasteiger partial charge on any atom is -0.480 e. The Hall–Kier alpha value is -1.58. The summed E-state index contributed by atoms with van der Waals surface area (Å²) in [6, 6.07) is 0.439. The molecular weight excluding hydrogens is 272 g/mol. The molecule has 1 atom stereocenters. The third kappa shape index (κ3) is 2.72. The SMILES string of the molecule is Cc1ccnc(S(=O)(=O)N2CCNC[C@H]2C(=O)O)n1. The van der Waals surface area contributed by atoms with Crippen LogP contribution in [0.5, 0.6) is 0 Å². The van der Waals surface area contributed by atoms with E-state index in [9.17, 15) is 13.2 Å². The van der Waals surface area contributed by atoms with Gasteiger partial charge in [-0.05, 0) is 13.0 Å². The van der Waals surface area contributed by atoms with E-state index < -0.39 is 22.0 Å². The number of hydrogen-bond donors (Lipinski definition) is 2. The van der Waals surface area contributed by atoms with Crippen molar-refractivity contribution in [1.82, 2.24) is 19.6 Å². The van der Waals surface area contributed by atoms with Crippen LogP contribution in [0, 0.1) is 6.92 Å². The van der Waals surface area contributed by atoms with Gasteiger partial charge in [-0.25, -0.2) is 18.4 Å². The van der Waals surface area contributed by atoms with E-state index in [1.165, 1.54) is 6.20 Å². The van der Waals surface area contributed by atoms with Crippen molar-refractivity contribution in [2.24, 2.45) is 0 Å². The molecule has 2 heterocycles. The first kappa shape index (κ1) is 13.8. The molecule has 19 heavy (non-hydrogen) atoms. The predicted octanol–water partition coefficient (Wildman–Crippen LogP) is -1.17. The van der Waals surface area contributed by atoms with E-state index >= 15 is 0 Å². The molecule has 0 saturated carbocycles. The first-order chi connectivity index (χ1) is 8.93. The van der Waals surface area contributed by atoms with Crippen molar-refractivity contribution in [1.29, 1.82) is 0 Å². The van der Waals surface area contributed by atoms with Crippen molar-refractivity contribution in [2.45, 2.75) is 18.1 Å². The van der Waals surface area contributed by atoms with Crippen LogP contribution in [0.4, 0.5) is 0 Å². The number of hydrogen-bond acceptors (Lipinski definition) is 6. The van der Waals surface area contributed by atoms with Gasteiger partial charge in [-0.15, -0.1) is 0 Å². The number of carboxylic acid groups (broad SMARTS) is 1. The van der Waals surface area contributed by atoms with Crippen molar-refractivity contribution in [2.75, 3.05) is 19.6 Å². The van der Waals surface area contributed by atoms with Crippen molar-refractivity contribution in [3.05, 3.63) is 18.0 Å². The van der Waals surface area contributed by atoms with Crippen LogP contribution in [-0.4, -0.2) is 59.4 Å². The van der Waals surface area contributed by atoms with Gasteiger partial charge in [0.05, 0.1) is 0 Å². The quantitative estimate of drug-likeness (QED) is 0.673. The third-order valence-corrected chi connectivity index (χ3v) is 4.50. The molecule has 0 aliphatic carbocycles. The normalized spacial score (nSPS) is 21.2. The predicted molar refractivity (Wildman–Crippen MR) is 65.0 cm³/mol. The van der Waals surface area contributed by atoms with Crippen molar-refractivity contribution in [3.63, 3.8) is 0 Å². The minimum absolute atomic E-state index is 0.0698. The number of aryl methyl sites for hydroxylation is 1. The van der Waals surface area contributed by atoms with Crippen LogP contribution in [0.3, 0.4) is 0 Å². The van der Waals surface area contributed by atoms with E-state index in [1.54, 1.807) is 13.0 Å². The summed E-state index contributed by atoms with van der Waals surface area (Å²) in [6.45, 7) is 2.19. The summed E-state index contributed by atoms with van der Waals surface area (Å²) in [6.07, 6.45) is 1.34. The molecule has 2 rings (SSSR count). The first-order valence-electron chi connectivity index (χ1n) is 5.68. The number of carbonyl (C=O) groups is 1. The Labute approximate surface area is 110 Å². The van der Waals surface area contributed by atoms with Crippen LogP contribution in [0.15, 0.2) is 17.4 Å². The van der Waals surface area contributed by atoms with Gasteiger partial charge >= 0.3 is 5.97 Å². The van der Waals surface area contributed by atoms with E-state index in [2.05, 4.69) is 15.3 Å². The van der Waals surface area contributed by atoms with Gasteiger partial charge in [0.2, 0.25) is 0 Å². The topological polar surface area (TPSA) is 112 Å². The second-order valence-electron chi connectivity index (χ2n) is 4.15. The summed E-state index contributed by atoms with van der Waals surface area (Å²) in [7, 11) is -3.99. The highest BCUT2D eigenvalue weighted by Gasteiger charge is 2.39. The second-order valence-corrected chi connectivity index (χ2v) is 5.94. The zero-order chi connectivity index (χ0) is 14.0. The molecule has 1 aromatic rings. The van der Waals surface area contributed by atoms with Gasteiger partial charge in [0, 0.05) is 31.5 Å². The average molecular weight is 286 g/mol. The number of sulfonamides is 1. The summed E-state index contributed by atoms with van der Waals surface area (Å²) >= 11 is 0. The van der Waals surface area contributed by atoms with E-state index in [-0.39, 0.29) is 18.2 Å². The Kier molecular flexibility index (Phi) is 3.78. The lowest BCUT2D eigenvalue weighted by atomic mass is 10.2. The number of carboxylic acids is 1. The smallest absolute Gasteiger partial charge is 0.323 e. The molecule has 1 aliphatic heterocycles. The largest absolute Gasteiger partial charge is 0.480 e. The molecule has 0 spiro atoms. The molecule has 0 amide bonds. The number of rotatable bonds is 3. The summed E-state index contributed by atoms with van der Waals surface area (Å²) in [4.78, 5) is 18.7. The van der Waals surface area contributed by atoms with Gasteiger partial charge in [0.15, 0.2) is 0 Å². The Morgan fingerprint density at radius 3 is 2.95 bits per heavy atom. The van der Waals surface area contributed by atoms with Gasteiger partial charge in [-0.1, -0.05) is 0 Å². The number of nitrogens with one attached hydrogen (secondary N) is 1. The highest BCUT2D eigenvalue weighted by Crippen LogP contribution is 2.16. The highest BCUT2D eigenvalue weighted by molar-refractivity contribution is 7.89. The van der Waals surface area contributed by atoms with E-state index in [0.717, 1.165) is 4.31 Å². The van der Waals surface area contributed by atoms with Crippen molar-refractivity contribution >= 4 is 16.0 Å². The van der Waals surface area contributed by atoms with Crippen LogP contribution in [0.25, 0.3) is 0 Å². The Bertz CT molecular complexity index is 589.